The van der Waals surface area contributed by atoms with Gasteiger partial charge in [0.25, 0.3) is 0 Å². The van der Waals surface area contributed by atoms with Crippen LogP contribution in [0.2, 0.25) is 0 Å². The minimum absolute atomic E-state index is 0.615. The van der Waals surface area contributed by atoms with E-state index < -0.39 is 0 Å². The topological polar surface area (TPSA) is 12.0 Å². The van der Waals surface area contributed by atoms with Crippen molar-refractivity contribution in [3.63, 3.8) is 0 Å². The molecular weight excluding hydrogens is 170 g/mol. The molecular formula is C13H25N. The zero-order chi connectivity index (χ0) is 10.6. The molecule has 1 N–H and O–H groups in total. The lowest BCUT2D eigenvalue weighted by molar-refractivity contribution is 0.473. The lowest BCUT2D eigenvalue weighted by atomic mass is 10.0. The number of unbranched alkanes of at least 4 members (excludes halogenated alkanes) is 3. The fourth-order valence-electron chi connectivity index (χ4n) is 1.61. The van der Waals surface area contributed by atoms with Gasteiger partial charge in [-0.25, -0.2) is 0 Å². The van der Waals surface area contributed by atoms with Gasteiger partial charge in [0.1, 0.15) is 0 Å². The summed E-state index contributed by atoms with van der Waals surface area (Å²) in [5, 5.41) is 3.49. The molecule has 1 atom stereocenters. The average Bonchev–Trinajstić information content (AvgIpc) is 2.20. The van der Waals surface area contributed by atoms with Crippen LogP contribution in [-0.4, -0.2) is 12.6 Å². The molecule has 82 valence electrons. The first-order valence-electron chi connectivity index (χ1n) is 5.98. The molecule has 0 aromatic heterocycles. The Morgan fingerprint density at radius 3 is 2.50 bits per heavy atom. The molecule has 0 aromatic rings. The Balaban J connectivity index is 3.54. The second kappa shape index (κ2) is 10.6. The average molecular weight is 195 g/mol. The third-order valence-electron chi connectivity index (χ3n) is 2.42. The molecule has 0 radical (unpaired) electrons. The summed E-state index contributed by atoms with van der Waals surface area (Å²) in [4.78, 5) is 0. The van der Waals surface area contributed by atoms with Crippen molar-refractivity contribution in [3.05, 3.63) is 0 Å². The monoisotopic (exact) mass is 195 g/mol. The van der Waals surface area contributed by atoms with Crippen molar-refractivity contribution in [1.82, 2.24) is 5.32 Å². The third-order valence-corrected chi connectivity index (χ3v) is 2.42. The molecule has 14 heavy (non-hydrogen) atoms. The van der Waals surface area contributed by atoms with Crippen molar-refractivity contribution < 1.29 is 0 Å². The highest BCUT2D eigenvalue weighted by atomic mass is 14.9. The minimum Gasteiger partial charge on any atom is -0.313 e. The van der Waals surface area contributed by atoms with Crippen molar-refractivity contribution in [2.45, 2.75) is 65.3 Å². The Morgan fingerprint density at radius 2 is 1.93 bits per heavy atom. The second-order valence-corrected chi connectivity index (χ2v) is 3.73. The van der Waals surface area contributed by atoms with Gasteiger partial charge in [0, 0.05) is 12.5 Å². The maximum atomic E-state index is 3.49. The van der Waals surface area contributed by atoms with E-state index >= 15 is 0 Å². The Hall–Kier alpha value is -0.480. The van der Waals surface area contributed by atoms with Gasteiger partial charge in [-0.3, -0.25) is 0 Å². The molecule has 0 bridgehead atoms. The van der Waals surface area contributed by atoms with Crippen LogP contribution in [0.4, 0.5) is 0 Å². The van der Waals surface area contributed by atoms with E-state index in [0.29, 0.717) is 6.04 Å². The molecule has 0 aromatic carbocycles. The van der Waals surface area contributed by atoms with Crippen LogP contribution in [0.5, 0.6) is 0 Å². The highest BCUT2D eigenvalue weighted by Crippen LogP contribution is 2.07. The molecule has 0 aliphatic rings. The van der Waals surface area contributed by atoms with Gasteiger partial charge >= 0.3 is 0 Å². The Morgan fingerprint density at radius 1 is 1.14 bits per heavy atom. The molecule has 1 unspecified atom stereocenters. The van der Waals surface area contributed by atoms with Crippen LogP contribution < -0.4 is 5.32 Å². The van der Waals surface area contributed by atoms with Gasteiger partial charge in [-0.15, -0.1) is 11.8 Å². The SMILES string of the molecule is CC#CCC(CCCCCC)NCC. The summed E-state index contributed by atoms with van der Waals surface area (Å²) in [6, 6.07) is 0.615. The maximum Gasteiger partial charge on any atom is 0.0243 e. The Bertz CT molecular complexity index is 164. The van der Waals surface area contributed by atoms with Gasteiger partial charge in [-0.05, 0) is 19.9 Å². The Kier molecular flexibility index (Phi) is 10.2. The normalized spacial score (nSPS) is 11.9. The number of hydrogen-bond acceptors (Lipinski definition) is 1. The summed E-state index contributed by atoms with van der Waals surface area (Å²) < 4.78 is 0. The van der Waals surface area contributed by atoms with Crippen LogP contribution in [-0.2, 0) is 0 Å². The lowest BCUT2D eigenvalue weighted by Gasteiger charge is -2.14. The van der Waals surface area contributed by atoms with Crippen LogP contribution in [0.3, 0.4) is 0 Å². The van der Waals surface area contributed by atoms with E-state index in [4.69, 9.17) is 0 Å². The number of hydrogen-bond donors (Lipinski definition) is 1. The van der Waals surface area contributed by atoms with Gasteiger partial charge in [-0.2, -0.15) is 0 Å². The van der Waals surface area contributed by atoms with Crippen LogP contribution in [0, 0.1) is 11.8 Å². The van der Waals surface area contributed by atoms with E-state index in [-0.39, 0.29) is 0 Å². The summed E-state index contributed by atoms with van der Waals surface area (Å²) in [5.74, 6) is 6.13. The molecule has 0 amide bonds. The first kappa shape index (κ1) is 13.5. The predicted octanol–water partition coefficient (Wildman–Crippen LogP) is 3.35. The molecule has 0 aliphatic carbocycles. The standard InChI is InChI=1S/C13H25N/c1-4-7-9-10-12-13(14-6-3)11-8-5-2/h13-14H,4,6-7,9-12H2,1-3H3. The summed E-state index contributed by atoms with van der Waals surface area (Å²) in [6.45, 7) is 7.40. The van der Waals surface area contributed by atoms with Gasteiger partial charge in [-0.1, -0.05) is 39.5 Å². The number of rotatable bonds is 8. The molecule has 0 saturated heterocycles. The molecule has 1 nitrogen and oxygen atoms in total. The summed E-state index contributed by atoms with van der Waals surface area (Å²) in [5.41, 5.74) is 0. The van der Waals surface area contributed by atoms with Gasteiger partial charge in [0.15, 0.2) is 0 Å². The van der Waals surface area contributed by atoms with E-state index in [0.717, 1.165) is 13.0 Å². The van der Waals surface area contributed by atoms with E-state index in [2.05, 4.69) is 31.0 Å². The van der Waals surface area contributed by atoms with E-state index in [9.17, 15) is 0 Å². The van der Waals surface area contributed by atoms with Crippen LogP contribution >= 0.6 is 0 Å². The van der Waals surface area contributed by atoms with E-state index in [1.54, 1.807) is 0 Å². The van der Waals surface area contributed by atoms with Gasteiger partial charge < -0.3 is 5.32 Å². The third kappa shape index (κ3) is 8.13. The first-order chi connectivity index (χ1) is 6.85. The summed E-state index contributed by atoms with van der Waals surface area (Å²) in [7, 11) is 0. The van der Waals surface area contributed by atoms with Crippen LogP contribution in [0.15, 0.2) is 0 Å². The smallest absolute Gasteiger partial charge is 0.0243 e. The van der Waals surface area contributed by atoms with Crippen molar-refractivity contribution in [1.29, 1.82) is 0 Å². The zero-order valence-electron chi connectivity index (χ0n) is 10.0. The van der Waals surface area contributed by atoms with Crippen LogP contribution in [0.25, 0.3) is 0 Å². The molecule has 0 heterocycles. The summed E-state index contributed by atoms with van der Waals surface area (Å²) in [6.07, 6.45) is 7.70. The van der Waals surface area contributed by atoms with Crippen LogP contribution in [0.1, 0.15) is 59.3 Å². The molecule has 0 aliphatic heterocycles. The van der Waals surface area contributed by atoms with E-state index in [1.807, 2.05) is 6.92 Å². The molecule has 0 fully saturated rings. The van der Waals surface area contributed by atoms with Crippen molar-refractivity contribution >= 4 is 0 Å². The highest BCUT2D eigenvalue weighted by molar-refractivity contribution is 4.98. The Labute approximate surface area is 89.7 Å². The summed E-state index contributed by atoms with van der Waals surface area (Å²) >= 11 is 0. The molecule has 0 saturated carbocycles. The van der Waals surface area contributed by atoms with Gasteiger partial charge in [0.2, 0.25) is 0 Å². The maximum absolute atomic E-state index is 3.49. The fourth-order valence-corrected chi connectivity index (χ4v) is 1.61. The highest BCUT2D eigenvalue weighted by Gasteiger charge is 2.04. The number of nitrogens with one attached hydrogen (secondary N) is 1. The predicted molar refractivity (Wildman–Crippen MR) is 64.3 cm³/mol. The van der Waals surface area contributed by atoms with Gasteiger partial charge in [0.05, 0.1) is 0 Å². The largest absolute Gasteiger partial charge is 0.313 e. The lowest BCUT2D eigenvalue weighted by Crippen LogP contribution is -2.28. The molecule has 0 rings (SSSR count). The first-order valence-corrected chi connectivity index (χ1v) is 5.98. The minimum atomic E-state index is 0.615. The van der Waals surface area contributed by atoms with Crippen molar-refractivity contribution in [2.75, 3.05) is 6.54 Å². The zero-order valence-corrected chi connectivity index (χ0v) is 10.0. The quantitative estimate of drug-likeness (QED) is 0.462. The van der Waals surface area contributed by atoms with Crippen molar-refractivity contribution in [3.8, 4) is 11.8 Å². The molecule has 1 heteroatoms. The second-order valence-electron chi connectivity index (χ2n) is 3.73. The van der Waals surface area contributed by atoms with E-state index in [1.165, 1.54) is 32.1 Å². The molecule has 0 spiro atoms. The fraction of sp³-hybridized carbons (Fsp3) is 0.846. The van der Waals surface area contributed by atoms with Crippen molar-refractivity contribution in [2.24, 2.45) is 0 Å².